The largest absolute Gasteiger partial charge is 0.493 e. The van der Waals surface area contributed by atoms with Gasteiger partial charge in [-0.25, -0.2) is 0 Å². The quantitative estimate of drug-likeness (QED) is 0.624. The normalized spacial score (nSPS) is 18.1. The standard InChI is InChI=1S/C25H31ClN2O4/c1-30-21-9-8-18(22(31-2)23(21)32-3)17-27-12-14-28(15-13-27)24(29)25(10-5-11-25)19-6-4-7-20(26)16-19/h4,6-9,16H,5,10-15,17H2,1-3H3. The fourth-order valence-electron chi connectivity index (χ4n) is 4.88. The lowest BCUT2D eigenvalue weighted by atomic mass is 9.63. The maximum absolute atomic E-state index is 13.5. The van der Waals surface area contributed by atoms with E-state index in [1.165, 1.54) is 0 Å². The van der Waals surface area contributed by atoms with Gasteiger partial charge < -0.3 is 19.1 Å². The average Bonchev–Trinajstić information content (AvgIpc) is 2.78. The van der Waals surface area contributed by atoms with Crippen molar-refractivity contribution in [2.75, 3.05) is 47.5 Å². The van der Waals surface area contributed by atoms with Crippen molar-refractivity contribution in [3.05, 3.63) is 52.5 Å². The third-order valence-corrected chi connectivity index (χ3v) is 7.07. The van der Waals surface area contributed by atoms with Gasteiger partial charge in [0, 0.05) is 43.3 Å². The Morgan fingerprint density at radius 3 is 2.25 bits per heavy atom. The molecule has 7 heteroatoms. The van der Waals surface area contributed by atoms with Crippen molar-refractivity contribution in [1.82, 2.24) is 9.80 Å². The van der Waals surface area contributed by atoms with Gasteiger partial charge in [0.25, 0.3) is 0 Å². The molecule has 0 spiro atoms. The van der Waals surface area contributed by atoms with Crippen LogP contribution in [0, 0.1) is 0 Å². The molecule has 0 aromatic heterocycles. The molecule has 2 aromatic rings. The first-order valence-corrected chi connectivity index (χ1v) is 11.5. The minimum Gasteiger partial charge on any atom is -0.493 e. The Bertz CT molecular complexity index is 968. The first-order valence-electron chi connectivity index (χ1n) is 11.1. The summed E-state index contributed by atoms with van der Waals surface area (Å²) in [6.07, 6.45) is 2.88. The summed E-state index contributed by atoms with van der Waals surface area (Å²) in [5.41, 5.74) is 1.69. The molecule has 1 amide bonds. The number of piperazine rings is 1. The molecule has 1 saturated carbocycles. The second kappa shape index (κ2) is 9.59. The summed E-state index contributed by atoms with van der Waals surface area (Å²) >= 11 is 6.23. The fraction of sp³-hybridized carbons (Fsp3) is 0.480. The van der Waals surface area contributed by atoms with Gasteiger partial charge in [0.15, 0.2) is 11.5 Å². The lowest BCUT2D eigenvalue weighted by molar-refractivity contribution is -0.142. The molecule has 0 N–H and O–H groups in total. The SMILES string of the molecule is COc1ccc(CN2CCN(C(=O)C3(c4cccc(Cl)c4)CCC3)CC2)c(OC)c1OC. The number of carbonyl (C=O) groups is 1. The summed E-state index contributed by atoms with van der Waals surface area (Å²) in [7, 11) is 4.88. The lowest BCUT2D eigenvalue weighted by Crippen LogP contribution is -2.56. The van der Waals surface area contributed by atoms with Crippen molar-refractivity contribution in [2.24, 2.45) is 0 Å². The predicted octanol–water partition coefficient (Wildman–Crippen LogP) is 4.13. The number of methoxy groups -OCH3 is 3. The van der Waals surface area contributed by atoms with Crippen LogP contribution < -0.4 is 14.2 Å². The molecule has 0 radical (unpaired) electrons. The van der Waals surface area contributed by atoms with Crippen LogP contribution in [0.25, 0.3) is 0 Å². The number of rotatable bonds is 7. The maximum Gasteiger partial charge on any atom is 0.233 e. The van der Waals surface area contributed by atoms with Gasteiger partial charge in [0.05, 0.1) is 26.7 Å². The molecule has 4 rings (SSSR count). The molecule has 0 unspecified atom stereocenters. The fourth-order valence-corrected chi connectivity index (χ4v) is 5.07. The molecule has 2 aromatic carbocycles. The highest BCUT2D eigenvalue weighted by Crippen LogP contribution is 2.46. The van der Waals surface area contributed by atoms with Crippen LogP contribution in [0.1, 0.15) is 30.4 Å². The zero-order valence-electron chi connectivity index (χ0n) is 19.0. The lowest BCUT2D eigenvalue weighted by Gasteiger charge is -2.46. The van der Waals surface area contributed by atoms with Gasteiger partial charge in [-0.2, -0.15) is 0 Å². The number of hydrogen-bond donors (Lipinski definition) is 0. The van der Waals surface area contributed by atoms with Gasteiger partial charge >= 0.3 is 0 Å². The van der Waals surface area contributed by atoms with Gasteiger partial charge in [-0.3, -0.25) is 9.69 Å². The Morgan fingerprint density at radius 1 is 0.969 bits per heavy atom. The zero-order valence-corrected chi connectivity index (χ0v) is 19.8. The Hall–Kier alpha value is -2.44. The van der Waals surface area contributed by atoms with E-state index in [9.17, 15) is 4.79 Å². The van der Waals surface area contributed by atoms with Gasteiger partial charge in [-0.15, -0.1) is 0 Å². The van der Waals surface area contributed by atoms with E-state index in [-0.39, 0.29) is 5.91 Å². The van der Waals surface area contributed by atoms with Crippen molar-refractivity contribution >= 4 is 17.5 Å². The van der Waals surface area contributed by atoms with Crippen LogP contribution in [0.5, 0.6) is 17.2 Å². The number of halogens is 1. The van der Waals surface area contributed by atoms with Crippen LogP contribution in [-0.4, -0.2) is 63.2 Å². The van der Waals surface area contributed by atoms with E-state index in [1.807, 2.05) is 41.3 Å². The molecule has 0 bridgehead atoms. The second-order valence-electron chi connectivity index (χ2n) is 8.51. The molecule has 1 aliphatic heterocycles. The summed E-state index contributed by atoms with van der Waals surface area (Å²) in [4.78, 5) is 17.9. The first kappa shape index (κ1) is 22.7. The van der Waals surface area contributed by atoms with E-state index in [0.29, 0.717) is 22.3 Å². The van der Waals surface area contributed by atoms with Crippen LogP contribution in [0.15, 0.2) is 36.4 Å². The first-order chi connectivity index (χ1) is 15.5. The average molecular weight is 459 g/mol. The molecule has 1 saturated heterocycles. The Morgan fingerprint density at radius 2 is 1.69 bits per heavy atom. The number of ether oxygens (including phenoxy) is 3. The van der Waals surface area contributed by atoms with Crippen LogP contribution in [0.2, 0.25) is 5.02 Å². The molecule has 172 valence electrons. The van der Waals surface area contributed by atoms with E-state index in [4.69, 9.17) is 25.8 Å². The van der Waals surface area contributed by atoms with E-state index in [0.717, 1.165) is 63.1 Å². The number of nitrogens with zero attached hydrogens (tertiary/aromatic N) is 2. The molecule has 1 heterocycles. The van der Waals surface area contributed by atoms with Crippen molar-refractivity contribution in [3.63, 3.8) is 0 Å². The molecule has 6 nitrogen and oxygen atoms in total. The van der Waals surface area contributed by atoms with Gasteiger partial charge in [-0.1, -0.05) is 36.2 Å². The van der Waals surface area contributed by atoms with Gasteiger partial charge in [0.2, 0.25) is 11.7 Å². The topological polar surface area (TPSA) is 51.2 Å². The molecule has 1 aliphatic carbocycles. The predicted molar refractivity (Wildman–Crippen MR) is 125 cm³/mol. The summed E-state index contributed by atoms with van der Waals surface area (Å²) < 4.78 is 16.5. The van der Waals surface area contributed by atoms with Crippen molar-refractivity contribution in [1.29, 1.82) is 0 Å². The number of benzene rings is 2. The summed E-state index contributed by atoms with van der Waals surface area (Å²) in [6, 6.07) is 11.7. The van der Waals surface area contributed by atoms with Gasteiger partial charge in [0.1, 0.15) is 0 Å². The van der Waals surface area contributed by atoms with E-state index in [2.05, 4.69) is 4.90 Å². The van der Waals surface area contributed by atoms with Crippen LogP contribution in [0.3, 0.4) is 0 Å². The highest BCUT2D eigenvalue weighted by molar-refractivity contribution is 6.30. The Balaban J connectivity index is 1.43. The van der Waals surface area contributed by atoms with Gasteiger partial charge in [-0.05, 0) is 36.6 Å². The maximum atomic E-state index is 13.5. The molecule has 2 fully saturated rings. The van der Waals surface area contributed by atoms with Crippen LogP contribution in [-0.2, 0) is 16.8 Å². The number of amides is 1. The molecule has 32 heavy (non-hydrogen) atoms. The minimum atomic E-state index is -0.403. The highest BCUT2D eigenvalue weighted by atomic mass is 35.5. The van der Waals surface area contributed by atoms with E-state index >= 15 is 0 Å². The third-order valence-electron chi connectivity index (χ3n) is 6.83. The van der Waals surface area contributed by atoms with Crippen LogP contribution >= 0.6 is 11.6 Å². The molecule has 0 atom stereocenters. The third kappa shape index (κ3) is 4.14. The highest BCUT2D eigenvalue weighted by Gasteiger charge is 2.48. The number of hydrogen-bond acceptors (Lipinski definition) is 5. The van der Waals surface area contributed by atoms with Crippen molar-refractivity contribution < 1.29 is 19.0 Å². The Kier molecular flexibility index (Phi) is 6.82. The Labute approximate surface area is 195 Å². The van der Waals surface area contributed by atoms with E-state index < -0.39 is 5.41 Å². The minimum absolute atomic E-state index is 0.245. The van der Waals surface area contributed by atoms with E-state index in [1.54, 1.807) is 21.3 Å². The summed E-state index contributed by atoms with van der Waals surface area (Å²) in [5, 5.41) is 0.690. The molecular weight excluding hydrogens is 428 g/mol. The van der Waals surface area contributed by atoms with Crippen molar-refractivity contribution in [3.8, 4) is 17.2 Å². The monoisotopic (exact) mass is 458 g/mol. The summed E-state index contributed by atoms with van der Waals surface area (Å²) in [6.45, 7) is 3.79. The molecular formula is C25H31ClN2O4. The second-order valence-corrected chi connectivity index (χ2v) is 8.94. The molecule has 2 aliphatic rings. The van der Waals surface area contributed by atoms with Crippen molar-refractivity contribution in [2.45, 2.75) is 31.2 Å². The zero-order chi connectivity index (χ0) is 22.7. The van der Waals surface area contributed by atoms with Crippen LogP contribution in [0.4, 0.5) is 0 Å². The summed E-state index contributed by atoms with van der Waals surface area (Å²) in [5.74, 6) is 2.19. The number of carbonyl (C=O) groups excluding carboxylic acids is 1. The smallest absolute Gasteiger partial charge is 0.233 e.